The molecule has 2 aromatic rings. The number of halogens is 2. The molecular formula is C13H15Cl2N3. The van der Waals surface area contributed by atoms with E-state index in [1.54, 1.807) is 12.4 Å². The molecule has 0 amide bonds. The van der Waals surface area contributed by atoms with Gasteiger partial charge in [-0.1, -0.05) is 30.1 Å². The van der Waals surface area contributed by atoms with Gasteiger partial charge in [0.05, 0.1) is 18.1 Å². The first-order valence-corrected chi connectivity index (χ1v) is 6.53. The number of imidazole rings is 1. The van der Waals surface area contributed by atoms with Crippen molar-refractivity contribution in [3.05, 3.63) is 52.0 Å². The molecule has 0 saturated carbocycles. The molecule has 5 heteroatoms. The van der Waals surface area contributed by atoms with Crippen LogP contribution in [-0.4, -0.2) is 16.1 Å². The predicted molar refractivity (Wildman–Crippen MR) is 75.2 cm³/mol. The number of benzene rings is 1. The maximum atomic E-state index is 6.25. The summed E-state index contributed by atoms with van der Waals surface area (Å²) in [5.74, 6) is 0. The standard InChI is InChI=1S/C13H15Cl2N3/c1-3-16-13(12-7-18(2)8-17-12)10-6-9(14)4-5-11(10)15/h4-8,13,16H,3H2,1-2H3. The molecule has 18 heavy (non-hydrogen) atoms. The zero-order chi connectivity index (χ0) is 13.1. The topological polar surface area (TPSA) is 29.9 Å². The van der Waals surface area contributed by atoms with E-state index >= 15 is 0 Å². The van der Waals surface area contributed by atoms with Crippen LogP contribution in [0.15, 0.2) is 30.7 Å². The summed E-state index contributed by atoms with van der Waals surface area (Å²) in [4.78, 5) is 4.38. The van der Waals surface area contributed by atoms with Crippen molar-refractivity contribution in [2.45, 2.75) is 13.0 Å². The molecule has 0 aliphatic rings. The lowest BCUT2D eigenvalue weighted by molar-refractivity contribution is 0.618. The number of aryl methyl sites for hydroxylation is 1. The fourth-order valence-electron chi connectivity index (χ4n) is 1.90. The Morgan fingerprint density at radius 1 is 1.39 bits per heavy atom. The Bertz CT molecular complexity index is 537. The Labute approximate surface area is 117 Å². The molecule has 0 aliphatic carbocycles. The van der Waals surface area contributed by atoms with Gasteiger partial charge in [0.25, 0.3) is 0 Å². The van der Waals surface area contributed by atoms with Gasteiger partial charge in [-0.15, -0.1) is 0 Å². The van der Waals surface area contributed by atoms with E-state index in [1.165, 1.54) is 0 Å². The molecule has 0 bridgehead atoms. The first-order valence-electron chi connectivity index (χ1n) is 5.78. The van der Waals surface area contributed by atoms with E-state index in [0.717, 1.165) is 17.8 Å². The summed E-state index contributed by atoms with van der Waals surface area (Å²) < 4.78 is 1.91. The highest BCUT2D eigenvalue weighted by Crippen LogP contribution is 2.29. The first kappa shape index (κ1) is 13.4. The number of aromatic nitrogens is 2. The van der Waals surface area contributed by atoms with Gasteiger partial charge < -0.3 is 9.88 Å². The second-order valence-corrected chi connectivity index (χ2v) is 4.96. The number of nitrogens with zero attached hydrogens (tertiary/aromatic N) is 2. The van der Waals surface area contributed by atoms with Gasteiger partial charge in [-0.25, -0.2) is 4.98 Å². The van der Waals surface area contributed by atoms with Crippen LogP contribution < -0.4 is 5.32 Å². The fourth-order valence-corrected chi connectivity index (χ4v) is 2.30. The van der Waals surface area contributed by atoms with Crippen molar-refractivity contribution in [2.24, 2.45) is 7.05 Å². The van der Waals surface area contributed by atoms with Gasteiger partial charge >= 0.3 is 0 Å². The lowest BCUT2D eigenvalue weighted by Gasteiger charge is -2.18. The van der Waals surface area contributed by atoms with Gasteiger partial charge in [-0.05, 0) is 30.3 Å². The first-order chi connectivity index (χ1) is 8.61. The number of hydrogen-bond acceptors (Lipinski definition) is 2. The van der Waals surface area contributed by atoms with E-state index < -0.39 is 0 Å². The Kier molecular flexibility index (Phi) is 4.27. The Morgan fingerprint density at radius 3 is 2.78 bits per heavy atom. The summed E-state index contributed by atoms with van der Waals surface area (Å²) >= 11 is 12.3. The summed E-state index contributed by atoms with van der Waals surface area (Å²) in [5, 5.41) is 4.74. The minimum atomic E-state index is -0.0394. The average molecular weight is 284 g/mol. The smallest absolute Gasteiger partial charge is 0.0947 e. The van der Waals surface area contributed by atoms with Crippen molar-refractivity contribution in [3.63, 3.8) is 0 Å². The molecule has 1 unspecified atom stereocenters. The molecule has 0 aliphatic heterocycles. The van der Waals surface area contributed by atoms with Crippen LogP contribution in [0.2, 0.25) is 10.0 Å². The van der Waals surface area contributed by atoms with Gasteiger partial charge in [0.15, 0.2) is 0 Å². The van der Waals surface area contributed by atoms with E-state index in [-0.39, 0.29) is 6.04 Å². The summed E-state index contributed by atoms with van der Waals surface area (Å²) in [6, 6.07) is 5.44. The van der Waals surface area contributed by atoms with E-state index in [2.05, 4.69) is 10.3 Å². The zero-order valence-corrected chi connectivity index (χ0v) is 11.8. The van der Waals surface area contributed by atoms with Crippen molar-refractivity contribution in [1.82, 2.24) is 14.9 Å². The van der Waals surface area contributed by atoms with Crippen LogP contribution in [0, 0.1) is 0 Å². The molecule has 0 fully saturated rings. The lowest BCUT2D eigenvalue weighted by Crippen LogP contribution is -2.22. The van der Waals surface area contributed by atoms with Gasteiger partial charge in [-0.3, -0.25) is 0 Å². The maximum absolute atomic E-state index is 6.25. The van der Waals surface area contributed by atoms with Gasteiger partial charge in [0, 0.05) is 23.3 Å². The molecule has 1 N–H and O–H groups in total. The molecule has 1 heterocycles. The second-order valence-electron chi connectivity index (χ2n) is 4.12. The summed E-state index contributed by atoms with van der Waals surface area (Å²) in [5.41, 5.74) is 1.88. The number of nitrogens with one attached hydrogen (secondary N) is 1. The van der Waals surface area contributed by atoms with Crippen molar-refractivity contribution in [1.29, 1.82) is 0 Å². The van der Waals surface area contributed by atoms with Gasteiger partial charge in [-0.2, -0.15) is 0 Å². The highest BCUT2D eigenvalue weighted by atomic mass is 35.5. The SMILES string of the molecule is CCNC(c1cn(C)cn1)c1cc(Cl)ccc1Cl. The summed E-state index contributed by atoms with van der Waals surface area (Å²) in [6.07, 6.45) is 3.75. The third kappa shape index (κ3) is 2.86. The Balaban J connectivity index is 2.44. The van der Waals surface area contributed by atoms with Crippen molar-refractivity contribution < 1.29 is 0 Å². The predicted octanol–water partition coefficient (Wildman–Crippen LogP) is 3.43. The zero-order valence-electron chi connectivity index (χ0n) is 10.3. The van der Waals surface area contributed by atoms with E-state index in [4.69, 9.17) is 23.2 Å². The number of rotatable bonds is 4. The average Bonchev–Trinajstić information content (AvgIpc) is 2.76. The van der Waals surface area contributed by atoms with Crippen LogP contribution in [0.3, 0.4) is 0 Å². The quantitative estimate of drug-likeness (QED) is 0.932. The molecular weight excluding hydrogens is 269 g/mol. The second kappa shape index (κ2) is 5.74. The Hall–Kier alpha value is -1.03. The van der Waals surface area contributed by atoms with Crippen LogP contribution in [0.1, 0.15) is 24.2 Å². The van der Waals surface area contributed by atoms with Crippen molar-refractivity contribution in [3.8, 4) is 0 Å². The summed E-state index contributed by atoms with van der Waals surface area (Å²) in [7, 11) is 1.94. The molecule has 2 rings (SSSR count). The monoisotopic (exact) mass is 283 g/mol. The summed E-state index contributed by atoms with van der Waals surface area (Å²) in [6.45, 7) is 2.87. The molecule has 1 aromatic carbocycles. The largest absolute Gasteiger partial charge is 0.340 e. The molecule has 1 aromatic heterocycles. The van der Waals surface area contributed by atoms with Crippen LogP contribution in [-0.2, 0) is 7.05 Å². The highest BCUT2D eigenvalue weighted by Gasteiger charge is 2.18. The van der Waals surface area contributed by atoms with E-state index in [9.17, 15) is 0 Å². The van der Waals surface area contributed by atoms with Gasteiger partial charge in [0.1, 0.15) is 0 Å². The van der Waals surface area contributed by atoms with E-state index in [0.29, 0.717) is 10.0 Å². The molecule has 1 atom stereocenters. The normalized spacial score (nSPS) is 12.7. The number of hydrogen-bond donors (Lipinski definition) is 1. The molecule has 0 spiro atoms. The third-order valence-corrected chi connectivity index (χ3v) is 3.28. The fraction of sp³-hybridized carbons (Fsp3) is 0.308. The van der Waals surface area contributed by atoms with Crippen LogP contribution >= 0.6 is 23.2 Å². The van der Waals surface area contributed by atoms with Crippen molar-refractivity contribution >= 4 is 23.2 Å². The molecule has 0 saturated heterocycles. The minimum absolute atomic E-state index is 0.0394. The molecule has 96 valence electrons. The lowest BCUT2D eigenvalue weighted by atomic mass is 10.0. The molecule has 3 nitrogen and oxygen atoms in total. The van der Waals surface area contributed by atoms with E-state index in [1.807, 2.05) is 36.9 Å². The van der Waals surface area contributed by atoms with Gasteiger partial charge in [0.2, 0.25) is 0 Å². The van der Waals surface area contributed by atoms with Crippen molar-refractivity contribution in [2.75, 3.05) is 6.54 Å². The maximum Gasteiger partial charge on any atom is 0.0947 e. The molecule has 0 radical (unpaired) electrons. The van der Waals surface area contributed by atoms with Crippen LogP contribution in [0.4, 0.5) is 0 Å². The third-order valence-electron chi connectivity index (χ3n) is 2.70. The highest BCUT2D eigenvalue weighted by molar-refractivity contribution is 6.33. The minimum Gasteiger partial charge on any atom is -0.340 e. The van der Waals surface area contributed by atoms with Crippen LogP contribution in [0.5, 0.6) is 0 Å². The van der Waals surface area contributed by atoms with Crippen LogP contribution in [0.25, 0.3) is 0 Å². The Morgan fingerprint density at radius 2 is 2.17 bits per heavy atom.